The van der Waals surface area contributed by atoms with Crippen LogP contribution in [0.4, 0.5) is 10.5 Å². The lowest BCUT2D eigenvalue weighted by Crippen LogP contribution is -2.49. The van der Waals surface area contributed by atoms with Crippen LogP contribution in [0.2, 0.25) is 5.15 Å². The Hall–Kier alpha value is -2.01. The van der Waals surface area contributed by atoms with E-state index in [0.717, 1.165) is 44.3 Å². The fourth-order valence-electron chi connectivity index (χ4n) is 4.17. The van der Waals surface area contributed by atoms with Crippen LogP contribution in [0.3, 0.4) is 0 Å². The Morgan fingerprint density at radius 2 is 1.96 bits per heavy atom. The van der Waals surface area contributed by atoms with Crippen molar-refractivity contribution in [1.29, 1.82) is 0 Å². The molecule has 4 rings (SSSR count). The molecule has 0 atom stereocenters. The zero-order valence-electron chi connectivity index (χ0n) is 16.2. The number of hydrogen-bond donors (Lipinski definition) is 0. The van der Waals surface area contributed by atoms with Gasteiger partial charge in [0, 0.05) is 48.3 Å². The summed E-state index contributed by atoms with van der Waals surface area (Å²) in [6, 6.07) is 6.71. The standard InChI is InChI=1S/C21H26ClN3O2/c1-21(2,3)27-20(26)24-10-8-15(9-11-24)25-12-7-14-13-23-19(22)16-5-4-6-17(25)18(14)16/h4-6,13,15H,7-12H2,1-3H3. The minimum Gasteiger partial charge on any atom is -0.444 e. The molecule has 2 aliphatic rings. The number of carbonyl (C=O) groups is 1. The summed E-state index contributed by atoms with van der Waals surface area (Å²) in [5.41, 5.74) is 2.06. The molecule has 5 nitrogen and oxygen atoms in total. The third-order valence-electron chi connectivity index (χ3n) is 5.41. The fraction of sp³-hybridized carbons (Fsp3) is 0.524. The van der Waals surface area contributed by atoms with E-state index in [0.29, 0.717) is 11.2 Å². The van der Waals surface area contributed by atoms with Crippen LogP contribution in [0.1, 0.15) is 39.2 Å². The minimum atomic E-state index is -0.451. The van der Waals surface area contributed by atoms with Crippen LogP contribution in [0.15, 0.2) is 24.4 Å². The van der Waals surface area contributed by atoms with E-state index in [1.807, 2.05) is 37.9 Å². The van der Waals surface area contributed by atoms with E-state index in [1.54, 1.807) is 0 Å². The first-order chi connectivity index (χ1) is 12.8. The lowest BCUT2D eigenvalue weighted by molar-refractivity contribution is 0.0204. The van der Waals surface area contributed by atoms with Gasteiger partial charge in [-0.1, -0.05) is 23.7 Å². The Labute approximate surface area is 165 Å². The molecule has 2 aliphatic heterocycles. The molecular formula is C21H26ClN3O2. The van der Waals surface area contributed by atoms with Crippen LogP contribution in [0.25, 0.3) is 10.8 Å². The SMILES string of the molecule is CC(C)(C)OC(=O)N1CCC(N2CCc3cnc(Cl)c4cccc2c34)CC1. The molecule has 1 aromatic carbocycles. The van der Waals surface area contributed by atoms with Crippen LogP contribution in [0.5, 0.6) is 0 Å². The van der Waals surface area contributed by atoms with Gasteiger partial charge in [-0.3, -0.25) is 0 Å². The molecule has 0 unspecified atom stereocenters. The lowest BCUT2D eigenvalue weighted by Gasteiger charge is -2.42. The third-order valence-corrected chi connectivity index (χ3v) is 5.71. The molecule has 0 bridgehead atoms. The highest BCUT2D eigenvalue weighted by atomic mass is 35.5. The number of benzene rings is 1. The predicted molar refractivity (Wildman–Crippen MR) is 109 cm³/mol. The van der Waals surface area contributed by atoms with E-state index in [4.69, 9.17) is 16.3 Å². The number of nitrogens with zero attached hydrogens (tertiary/aromatic N) is 3. The van der Waals surface area contributed by atoms with Crippen molar-refractivity contribution in [1.82, 2.24) is 9.88 Å². The van der Waals surface area contributed by atoms with Gasteiger partial charge in [0.1, 0.15) is 10.8 Å². The maximum Gasteiger partial charge on any atom is 0.410 e. The maximum absolute atomic E-state index is 12.3. The Morgan fingerprint density at radius 3 is 2.67 bits per heavy atom. The molecule has 1 fully saturated rings. The second-order valence-electron chi connectivity index (χ2n) is 8.42. The smallest absolute Gasteiger partial charge is 0.410 e. The quantitative estimate of drug-likeness (QED) is 0.668. The second-order valence-corrected chi connectivity index (χ2v) is 8.77. The van der Waals surface area contributed by atoms with Gasteiger partial charge in [0.15, 0.2) is 0 Å². The summed E-state index contributed by atoms with van der Waals surface area (Å²) in [5.74, 6) is 0. The Balaban J connectivity index is 1.52. The molecular weight excluding hydrogens is 362 g/mol. The number of piperidine rings is 1. The monoisotopic (exact) mass is 387 g/mol. The van der Waals surface area contributed by atoms with Crippen molar-refractivity contribution in [2.24, 2.45) is 0 Å². The Morgan fingerprint density at radius 1 is 1.22 bits per heavy atom. The molecule has 0 N–H and O–H groups in total. The number of ether oxygens (including phenoxy) is 1. The number of likely N-dealkylation sites (tertiary alicyclic amines) is 1. The van der Waals surface area contributed by atoms with E-state index in [-0.39, 0.29) is 6.09 Å². The second kappa shape index (κ2) is 6.86. The van der Waals surface area contributed by atoms with E-state index in [9.17, 15) is 4.79 Å². The van der Waals surface area contributed by atoms with Crippen molar-refractivity contribution in [3.63, 3.8) is 0 Å². The van der Waals surface area contributed by atoms with Crippen LogP contribution in [0, 0.1) is 0 Å². The number of rotatable bonds is 1. The van der Waals surface area contributed by atoms with Crippen molar-refractivity contribution in [2.45, 2.75) is 51.7 Å². The first-order valence-corrected chi connectivity index (χ1v) is 10.0. The van der Waals surface area contributed by atoms with Crippen LogP contribution in [-0.2, 0) is 11.2 Å². The van der Waals surface area contributed by atoms with Crippen LogP contribution < -0.4 is 4.90 Å². The van der Waals surface area contributed by atoms with Gasteiger partial charge in [-0.25, -0.2) is 9.78 Å². The number of pyridine rings is 1. The lowest BCUT2D eigenvalue weighted by atomic mass is 9.94. The zero-order chi connectivity index (χ0) is 19.2. The summed E-state index contributed by atoms with van der Waals surface area (Å²) in [6.07, 6.45) is 4.58. The number of carbonyl (C=O) groups excluding carboxylic acids is 1. The van der Waals surface area contributed by atoms with Gasteiger partial charge in [-0.05, 0) is 51.7 Å². The molecule has 0 saturated carbocycles. The van der Waals surface area contributed by atoms with Gasteiger partial charge in [-0.15, -0.1) is 0 Å². The highest BCUT2D eigenvalue weighted by Crippen LogP contribution is 2.38. The summed E-state index contributed by atoms with van der Waals surface area (Å²) in [5, 5.41) is 2.83. The third kappa shape index (κ3) is 3.57. The van der Waals surface area contributed by atoms with Crippen molar-refractivity contribution < 1.29 is 9.53 Å². The predicted octanol–water partition coefficient (Wildman–Crippen LogP) is 4.65. The van der Waals surface area contributed by atoms with E-state index in [1.165, 1.54) is 16.6 Å². The maximum atomic E-state index is 12.3. The molecule has 0 radical (unpaired) electrons. The molecule has 144 valence electrons. The van der Waals surface area contributed by atoms with Crippen molar-refractivity contribution in [3.8, 4) is 0 Å². The summed E-state index contributed by atoms with van der Waals surface area (Å²) < 4.78 is 5.52. The molecule has 0 aliphatic carbocycles. The average Bonchev–Trinajstić information content (AvgIpc) is 2.63. The fourth-order valence-corrected chi connectivity index (χ4v) is 4.38. The molecule has 1 saturated heterocycles. The number of amides is 1. The average molecular weight is 388 g/mol. The molecule has 6 heteroatoms. The molecule has 1 aromatic heterocycles. The highest BCUT2D eigenvalue weighted by molar-refractivity contribution is 6.34. The Kier molecular flexibility index (Phi) is 4.66. The van der Waals surface area contributed by atoms with E-state index in [2.05, 4.69) is 22.0 Å². The van der Waals surface area contributed by atoms with Gasteiger partial charge < -0.3 is 14.5 Å². The molecule has 3 heterocycles. The molecule has 2 aromatic rings. The highest BCUT2D eigenvalue weighted by Gasteiger charge is 2.32. The first kappa shape index (κ1) is 18.4. The number of hydrogen-bond acceptors (Lipinski definition) is 4. The van der Waals surface area contributed by atoms with Gasteiger partial charge in [0.2, 0.25) is 0 Å². The Bertz CT molecular complexity index is 870. The number of anilines is 1. The molecule has 1 amide bonds. The van der Waals surface area contributed by atoms with Gasteiger partial charge in [0.05, 0.1) is 0 Å². The normalized spacial score (nSPS) is 18.1. The summed E-state index contributed by atoms with van der Waals surface area (Å²) in [7, 11) is 0. The van der Waals surface area contributed by atoms with Crippen molar-refractivity contribution in [3.05, 3.63) is 35.1 Å². The van der Waals surface area contributed by atoms with Gasteiger partial charge in [0.25, 0.3) is 0 Å². The van der Waals surface area contributed by atoms with E-state index < -0.39 is 5.60 Å². The number of halogens is 1. The summed E-state index contributed by atoms with van der Waals surface area (Å²) in [4.78, 5) is 21.0. The first-order valence-electron chi connectivity index (χ1n) is 9.64. The van der Waals surface area contributed by atoms with Crippen molar-refractivity contribution in [2.75, 3.05) is 24.5 Å². The van der Waals surface area contributed by atoms with Crippen LogP contribution in [-0.4, -0.2) is 47.3 Å². The summed E-state index contributed by atoms with van der Waals surface area (Å²) in [6.45, 7) is 8.16. The molecule has 0 spiro atoms. The summed E-state index contributed by atoms with van der Waals surface area (Å²) >= 11 is 6.33. The minimum absolute atomic E-state index is 0.204. The largest absolute Gasteiger partial charge is 0.444 e. The van der Waals surface area contributed by atoms with Gasteiger partial charge >= 0.3 is 6.09 Å². The van der Waals surface area contributed by atoms with E-state index >= 15 is 0 Å². The van der Waals surface area contributed by atoms with Crippen molar-refractivity contribution >= 4 is 34.2 Å². The van der Waals surface area contributed by atoms with Crippen LogP contribution >= 0.6 is 11.6 Å². The van der Waals surface area contributed by atoms with Gasteiger partial charge in [-0.2, -0.15) is 0 Å². The topological polar surface area (TPSA) is 45.7 Å². The number of aromatic nitrogens is 1. The molecule has 27 heavy (non-hydrogen) atoms. The zero-order valence-corrected chi connectivity index (χ0v) is 16.9.